The van der Waals surface area contributed by atoms with Gasteiger partial charge in [-0.2, -0.15) is 0 Å². The number of hydrogen-bond donors (Lipinski definition) is 2. The minimum Gasteiger partial charge on any atom is -0.459 e. The van der Waals surface area contributed by atoms with E-state index >= 15 is 0 Å². The number of aromatic nitrogens is 2. The van der Waals surface area contributed by atoms with Crippen LogP contribution in [-0.2, 0) is 27.4 Å². The zero-order valence-electron chi connectivity index (χ0n) is 16.9. The number of aromatic amines is 1. The Morgan fingerprint density at radius 2 is 1.83 bits per heavy atom. The minimum absolute atomic E-state index is 0.00568. The Labute approximate surface area is 167 Å². The van der Waals surface area contributed by atoms with E-state index in [9.17, 15) is 19.2 Å². The van der Waals surface area contributed by atoms with Gasteiger partial charge in [0.2, 0.25) is 0 Å². The van der Waals surface area contributed by atoms with Crippen molar-refractivity contribution in [3.63, 3.8) is 0 Å². The number of rotatable bonds is 6. The van der Waals surface area contributed by atoms with Crippen LogP contribution in [0.25, 0.3) is 0 Å². The fraction of sp³-hybridized carbons (Fsp3) is 0.400. The Bertz CT molecular complexity index is 972. The van der Waals surface area contributed by atoms with Crippen molar-refractivity contribution >= 4 is 12.1 Å². The molecule has 2 N–H and O–H groups in total. The average molecular weight is 403 g/mol. The van der Waals surface area contributed by atoms with Gasteiger partial charge in [-0.1, -0.05) is 30.3 Å². The van der Waals surface area contributed by atoms with E-state index in [0.717, 1.165) is 10.1 Å². The first-order valence-electron chi connectivity index (χ1n) is 9.05. The summed E-state index contributed by atoms with van der Waals surface area (Å²) in [5.41, 5.74) is -0.928. The lowest BCUT2D eigenvalue weighted by atomic mass is 10.2. The number of benzene rings is 1. The number of ether oxygens (including phenoxy) is 2. The normalized spacial score (nSPS) is 12.1. The van der Waals surface area contributed by atoms with Crippen molar-refractivity contribution in [3.05, 3.63) is 68.5 Å². The molecule has 1 atom stereocenters. The van der Waals surface area contributed by atoms with Crippen molar-refractivity contribution < 1.29 is 19.1 Å². The molecule has 1 aromatic carbocycles. The maximum atomic E-state index is 12.6. The molecule has 1 amide bonds. The Morgan fingerprint density at radius 1 is 1.17 bits per heavy atom. The Morgan fingerprint density at radius 3 is 2.45 bits per heavy atom. The number of hydrogen-bond acceptors (Lipinski definition) is 6. The van der Waals surface area contributed by atoms with E-state index in [1.165, 1.54) is 13.1 Å². The summed E-state index contributed by atoms with van der Waals surface area (Å²) in [4.78, 5) is 50.5. The topological polar surface area (TPSA) is 119 Å². The van der Waals surface area contributed by atoms with Crippen LogP contribution < -0.4 is 16.6 Å². The van der Waals surface area contributed by atoms with Gasteiger partial charge in [-0.15, -0.1) is 0 Å². The molecule has 0 saturated carbocycles. The molecule has 1 heterocycles. The highest BCUT2D eigenvalue weighted by atomic mass is 16.6. The number of nitrogens with one attached hydrogen (secondary N) is 2. The highest BCUT2D eigenvalue weighted by molar-refractivity contribution is 5.81. The molecule has 0 radical (unpaired) electrons. The number of carbonyl (C=O) groups is 2. The quantitative estimate of drug-likeness (QED) is 0.705. The van der Waals surface area contributed by atoms with Crippen LogP contribution in [0.4, 0.5) is 4.79 Å². The van der Waals surface area contributed by atoms with Crippen LogP contribution in [0, 0.1) is 6.92 Å². The van der Waals surface area contributed by atoms with Gasteiger partial charge in [-0.25, -0.2) is 14.4 Å². The van der Waals surface area contributed by atoms with Crippen LogP contribution in [0.15, 0.2) is 46.1 Å². The molecule has 2 rings (SSSR count). The maximum absolute atomic E-state index is 12.6. The van der Waals surface area contributed by atoms with Crippen LogP contribution in [0.5, 0.6) is 0 Å². The van der Waals surface area contributed by atoms with Crippen LogP contribution in [0.3, 0.4) is 0 Å². The highest BCUT2D eigenvalue weighted by Crippen LogP contribution is 2.08. The lowest BCUT2D eigenvalue weighted by Crippen LogP contribution is -2.48. The van der Waals surface area contributed by atoms with Gasteiger partial charge in [0.25, 0.3) is 5.56 Å². The second-order valence-corrected chi connectivity index (χ2v) is 7.52. The molecule has 0 fully saturated rings. The molecule has 0 aliphatic heterocycles. The van der Waals surface area contributed by atoms with Crippen molar-refractivity contribution in [2.24, 2.45) is 0 Å². The molecule has 29 heavy (non-hydrogen) atoms. The third-order valence-corrected chi connectivity index (χ3v) is 3.77. The second-order valence-electron chi connectivity index (χ2n) is 7.52. The largest absolute Gasteiger partial charge is 0.459 e. The van der Waals surface area contributed by atoms with Gasteiger partial charge in [-0.05, 0) is 33.3 Å². The van der Waals surface area contributed by atoms with Gasteiger partial charge < -0.3 is 14.8 Å². The summed E-state index contributed by atoms with van der Waals surface area (Å²) in [6, 6.07) is 7.84. The van der Waals surface area contributed by atoms with Gasteiger partial charge in [0.1, 0.15) is 18.2 Å². The summed E-state index contributed by atoms with van der Waals surface area (Å²) < 4.78 is 11.6. The van der Waals surface area contributed by atoms with Crippen molar-refractivity contribution in [2.45, 2.75) is 52.5 Å². The average Bonchev–Trinajstić information content (AvgIpc) is 2.62. The molecular formula is C20H25N3O6. The first kappa shape index (κ1) is 21.9. The number of amides is 1. The van der Waals surface area contributed by atoms with Crippen LogP contribution in [-0.4, -0.2) is 33.3 Å². The van der Waals surface area contributed by atoms with E-state index in [0.29, 0.717) is 5.56 Å². The Hall–Kier alpha value is -3.36. The first-order valence-corrected chi connectivity index (χ1v) is 9.05. The molecule has 0 bridgehead atoms. The smallest absolute Gasteiger partial charge is 0.408 e. The molecule has 2 aromatic rings. The lowest BCUT2D eigenvalue weighted by Gasteiger charge is -2.23. The molecule has 0 saturated heterocycles. The zero-order valence-corrected chi connectivity index (χ0v) is 16.9. The number of H-pyrrole nitrogens is 1. The van der Waals surface area contributed by atoms with Gasteiger partial charge in [0.05, 0.1) is 6.54 Å². The zero-order chi connectivity index (χ0) is 21.6. The summed E-state index contributed by atoms with van der Waals surface area (Å²) in [5, 5.41) is 2.43. The summed E-state index contributed by atoms with van der Waals surface area (Å²) >= 11 is 0. The van der Waals surface area contributed by atoms with E-state index in [2.05, 4.69) is 10.3 Å². The number of nitrogens with zero attached hydrogens (tertiary/aromatic N) is 1. The maximum Gasteiger partial charge on any atom is 0.408 e. The molecule has 0 aliphatic carbocycles. The molecule has 156 valence electrons. The van der Waals surface area contributed by atoms with Gasteiger partial charge in [0, 0.05) is 11.8 Å². The molecule has 0 aliphatic rings. The number of carbonyl (C=O) groups excluding carboxylic acids is 2. The van der Waals surface area contributed by atoms with Crippen molar-refractivity contribution in [1.82, 2.24) is 14.9 Å². The van der Waals surface area contributed by atoms with E-state index in [1.54, 1.807) is 32.9 Å². The lowest BCUT2D eigenvalue weighted by molar-refractivity contribution is -0.148. The number of aryl methyl sites for hydroxylation is 1. The van der Waals surface area contributed by atoms with Crippen molar-refractivity contribution in [1.29, 1.82) is 0 Å². The first-order chi connectivity index (χ1) is 13.5. The highest BCUT2D eigenvalue weighted by Gasteiger charge is 2.26. The number of esters is 1. The van der Waals surface area contributed by atoms with Crippen LogP contribution >= 0.6 is 0 Å². The second kappa shape index (κ2) is 9.22. The monoisotopic (exact) mass is 403 g/mol. The summed E-state index contributed by atoms with van der Waals surface area (Å²) in [6.45, 7) is 6.36. The fourth-order valence-corrected chi connectivity index (χ4v) is 2.41. The third-order valence-electron chi connectivity index (χ3n) is 3.77. The van der Waals surface area contributed by atoms with Gasteiger partial charge in [-0.3, -0.25) is 14.3 Å². The molecule has 0 spiro atoms. The van der Waals surface area contributed by atoms with Crippen LogP contribution in [0.2, 0.25) is 0 Å². The van der Waals surface area contributed by atoms with E-state index < -0.39 is 35.0 Å². The predicted molar refractivity (Wildman–Crippen MR) is 105 cm³/mol. The summed E-state index contributed by atoms with van der Waals surface area (Å²) in [5.74, 6) is -0.740. The molecular weight excluding hydrogens is 378 g/mol. The number of alkyl carbamates (subject to hydrolysis) is 1. The molecule has 0 unspecified atom stereocenters. The fourth-order valence-electron chi connectivity index (χ4n) is 2.41. The van der Waals surface area contributed by atoms with Crippen molar-refractivity contribution in [3.8, 4) is 0 Å². The van der Waals surface area contributed by atoms with E-state index in [1.807, 2.05) is 18.2 Å². The molecule has 9 heteroatoms. The van der Waals surface area contributed by atoms with Gasteiger partial charge in [0.15, 0.2) is 0 Å². The van der Waals surface area contributed by atoms with E-state index in [4.69, 9.17) is 9.47 Å². The standard InChI is InChI=1S/C20H25N3O6/c1-13-10-23(18(26)22-16(13)24)11-15(21-19(27)29-20(2,3)4)17(25)28-12-14-8-6-5-7-9-14/h5-10,15H,11-12H2,1-4H3,(H,21,27)(H,22,24,26)/t15-/m0/s1. The van der Waals surface area contributed by atoms with E-state index in [-0.39, 0.29) is 13.2 Å². The summed E-state index contributed by atoms with van der Waals surface area (Å²) in [6.07, 6.45) is 0.489. The third kappa shape index (κ3) is 6.95. The van der Waals surface area contributed by atoms with Gasteiger partial charge >= 0.3 is 17.8 Å². The Balaban J connectivity index is 2.19. The summed E-state index contributed by atoms with van der Waals surface area (Å²) in [7, 11) is 0. The predicted octanol–water partition coefficient (Wildman–Crippen LogP) is 1.48. The SMILES string of the molecule is Cc1cn(C[C@H](NC(=O)OC(C)(C)C)C(=O)OCc2ccccc2)c(=O)[nH]c1=O. The molecule has 9 nitrogen and oxygen atoms in total. The minimum atomic E-state index is -1.20. The van der Waals surface area contributed by atoms with Crippen LogP contribution in [0.1, 0.15) is 31.9 Å². The molecule has 1 aromatic heterocycles. The van der Waals surface area contributed by atoms with Crippen molar-refractivity contribution in [2.75, 3.05) is 0 Å². The Kier molecular flexibility index (Phi) is 6.98.